The predicted molar refractivity (Wildman–Crippen MR) is 147 cm³/mol. The fourth-order valence-electron chi connectivity index (χ4n) is 4.24. The highest BCUT2D eigenvalue weighted by molar-refractivity contribution is 7.16. The van der Waals surface area contributed by atoms with Gasteiger partial charge < -0.3 is 20.2 Å². The van der Waals surface area contributed by atoms with E-state index in [1.807, 2.05) is 30.9 Å². The topological polar surface area (TPSA) is 111 Å². The molecule has 3 rings (SSSR count). The molecule has 1 atom stereocenters. The standard InChI is InChI=1S/C26H33FN8O2S/c1-7-20(33(5)34(6)24(30-8-2)25(37)35-14-13-19(36)16-35)23(29-3)32(4)26-31-22(21(15-28)38-26)17-9-11-18(27)12-10-17/h8-12,19,29,36H,2,7,13-14,16H2,1,3-6H3/b23-20+,30-24-/t19-/m1/s1. The molecule has 1 saturated heterocycles. The number of hydrogen-bond acceptors (Lipinski definition) is 9. The zero-order chi connectivity index (χ0) is 28.0. The van der Waals surface area contributed by atoms with Gasteiger partial charge in [0.2, 0.25) is 5.84 Å². The van der Waals surface area contributed by atoms with Crippen LogP contribution in [-0.4, -0.2) is 84.1 Å². The quantitative estimate of drug-likeness (QED) is 0.299. The maximum Gasteiger partial charge on any atom is 0.291 e. The normalized spacial score (nSPS) is 16.0. The molecule has 0 bridgehead atoms. The summed E-state index contributed by atoms with van der Waals surface area (Å²) >= 11 is 1.23. The Morgan fingerprint density at radius 1 is 1.37 bits per heavy atom. The van der Waals surface area contributed by atoms with Gasteiger partial charge in [-0.15, -0.1) is 0 Å². The van der Waals surface area contributed by atoms with E-state index < -0.39 is 6.10 Å². The predicted octanol–water partition coefficient (Wildman–Crippen LogP) is 2.97. The molecule has 2 heterocycles. The van der Waals surface area contributed by atoms with Gasteiger partial charge >= 0.3 is 0 Å². The summed E-state index contributed by atoms with van der Waals surface area (Å²) < 4.78 is 13.4. The second-order valence-corrected chi connectivity index (χ2v) is 9.60. The smallest absolute Gasteiger partial charge is 0.291 e. The first-order valence-electron chi connectivity index (χ1n) is 12.1. The Labute approximate surface area is 226 Å². The van der Waals surface area contributed by atoms with Gasteiger partial charge in [-0.3, -0.25) is 14.8 Å². The van der Waals surface area contributed by atoms with Crippen molar-refractivity contribution in [1.29, 1.82) is 5.26 Å². The monoisotopic (exact) mass is 540 g/mol. The van der Waals surface area contributed by atoms with E-state index in [0.29, 0.717) is 46.5 Å². The van der Waals surface area contributed by atoms with Crippen LogP contribution in [0.15, 0.2) is 53.6 Å². The molecule has 0 unspecified atom stereocenters. The number of likely N-dealkylation sites (N-methyl/N-ethyl adjacent to an activating group) is 1. The Kier molecular flexibility index (Phi) is 9.44. The average Bonchev–Trinajstić information content (AvgIpc) is 3.55. The number of benzene rings is 1. The van der Waals surface area contributed by atoms with Crippen molar-refractivity contribution in [1.82, 2.24) is 25.2 Å². The number of amidine groups is 1. The summed E-state index contributed by atoms with van der Waals surface area (Å²) in [6, 6.07) is 8.06. The lowest BCUT2D eigenvalue weighted by molar-refractivity contribution is -0.124. The van der Waals surface area contributed by atoms with Gasteiger partial charge in [0.25, 0.3) is 5.91 Å². The van der Waals surface area contributed by atoms with E-state index in [9.17, 15) is 19.6 Å². The Hall–Kier alpha value is -3.95. The molecular weight excluding hydrogens is 507 g/mol. The summed E-state index contributed by atoms with van der Waals surface area (Å²) in [5, 5.41) is 26.9. The number of aliphatic hydroxyl groups excluding tert-OH is 1. The van der Waals surface area contributed by atoms with E-state index in [-0.39, 0.29) is 24.1 Å². The molecule has 1 fully saturated rings. The van der Waals surface area contributed by atoms with Crippen molar-refractivity contribution in [3.8, 4) is 17.3 Å². The van der Waals surface area contributed by atoms with Crippen molar-refractivity contribution in [2.24, 2.45) is 4.99 Å². The van der Waals surface area contributed by atoms with Crippen LogP contribution in [0, 0.1) is 17.1 Å². The number of aliphatic hydroxyl groups is 1. The number of nitrogens with one attached hydrogen (secondary N) is 1. The van der Waals surface area contributed by atoms with Crippen LogP contribution in [0.1, 0.15) is 24.6 Å². The third-order valence-electron chi connectivity index (χ3n) is 6.31. The number of nitrogens with zero attached hydrogens (tertiary/aromatic N) is 7. The zero-order valence-corrected chi connectivity index (χ0v) is 23.1. The molecule has 2 N–H and O–H groups in total. The molecule has 10 nitrogen and oxygen atoms in total. The minimum Gasteiger partial charge on any atom is -0.391 e. The van der Waals surface area contributed by atoms with Crippen LogP contribution in [0.3, 0.4) is 0 Å². The molecular formula is C26H33FN8O2S. The number of likely N-dealkylation sites (tertiary alicyclic amines) is 1. The number of carbonyl (C=O) groups excluding carboxylic acids is 1. The summed E-state index contributed by atoms with van der Waals surface area (Å²) in [6.45, 7) is 6.36. The average molecular weight is 541 g/mol. The van der Waals surface area contributed by atoms with Crippen LogP contribution < -0.4 is 10.2 Å². The second-order valence-electron chi connectivity index (χ2n) is 8.63. The van der Waals surface area contributed by atoms with Crippen LogP contribution in [0.25, 0.3) is 11.3 Å². The number of aromatic nitrogens is 1. The number of halogens is 1. The number of amides is 1. The van der Waals surface area contributed by atoms with Crippen LogP contribution in [0.4, 0.5) is 9.52 Å². The summed E-state index contributed by atoms with van der Waals surface area (Å²) in [6.07, 6.45) is 1.89. The maximum atomic E-state index is 13.4. The van der Waals surface area contributed by atoms with Crippen LogP contribution in [0.5, 0.6) is 0 Å². The van der Waals surface area contributed by atoms with Gasteiger partial charge in [0.05, 0.1) is 11.8 Å². The van der Waals surface area contributed by atoms with E-state index in [0.717, 1.165) is 5.70 Å². The van der Waals surface area contributed by atoms with Gasteiger partial charge in [0, 0.05) is 53.0 Å². The third-order valence-corrected chi connectivity index (χ3v) is 7.34. The van der Waals surface area contributed by atoms with Gasteiger partial charge in [0.1, 0.15) is 28.3 Å². The third kappa shape index (κ3) is 5.95. The first-order chi connectivity index (χ1) is 18.2. The number of thiazole rings is 1. The number of hydrogen-bond donors (Lipinski definition) is 2. The van der Waals surface area contributed by atoms with Crippen molar-refractivity contribution < 1.29 is 14.3 Å². The Morgan fingerprint density at radius 2 is 2.05 bits per heavy atom. The van der Waals surface area contributed by atoms with E-state index in [4.69, 9.17) is 4.98 Å². The number of carbonyl (C=O) groups is 1. The Balaban J connectivity index is 1.96. The van der Waals surface area contributed by atoms with Gasteiger partial charge in [-0.2, -0.15) is 5.26 Å². The number of rotatable bonds is 8. The first kappa shape index (κ1) is 28.6. The molecule has 38 heavy (non-hydrogen) atoms. The number of nitriles is 1. The molecule has 0 aliphatic carbocycles. The minimum absolute atomic E-state index is 0.167. The summed E-state index contributed by atoms with van der Waals surface area (Å²) in [7, 11) is 7.17. The number of allylic oxidation sites excluding steroid dienone is 1. The minimum atomic E-state index is -0.543. The molecule has 0 saturated carbocycles. The SMILES string of the molecule is C=C/N=C(/C(=O)N1CC[C@@H](O)C1)N(C)N(C)/C(CC)=C(\NC)N(C)c1nc(-c2ccc(F)cc2)c(C#N)s1. The Morgan fingerprint density at radius 3 is 2.58 bits per heavy atom. The van der Waals surface area contributed by atoms with E-state index in [2.05, 4.69) is 23.0 Å². The van der Waals surface area contributed by atoms with Crippen molar-refractivity contribution in [2.45, 2.75) is 25.9 Å². The molecule has 1 aromatic carbocycles. The Bertz CT molecular complexity index is 1270. The first-order valence-corrected chi connectivity index (χ1v) is 12.9. The zero-order valence-electron chi connectivity index (χ0n) is 22.3. The van der Waals surface area contributed by atoms with Crippen LogP contribution in [-0.2, 0) is 4.79 Å². The highest BCUT2D eigenvalue weighted by Crippen LogP contribution is 2.34. The van der Waals surface area contributed by atoms with Crippen LogP contribution in [0.2, 0.25) is 0 Å². The molecule has 2 aromatic rings. The lowest BCUT2D eigenvalue weighted by Crippen LogP contribution is -2.50. The largest absolute Gasteiger partial charge is 0.391 e. The molecule has 1 aliphatic rings. The highest BCUT2D eigenvalue weighted by atomic mass is 32.1. The highest BCUT2D eigenvalue weighted by Gasteiger charge is 2.31. The molecule has 0 radical (unpaired) electrons. The van der Waals surface area contributed by atoms with E-state index >= 15 is 0 Å². The number of aliphatic imine (C=N–C) groups is 1. The number of anilines is 1. The lowest BCUT2D eigenvalue weighted by Gasteiger charge is -2.36. The van der Waals surface area contributed by atoms with Crippen molar-refractivity contribution in [2.75, 3.05) is 46.2 Å². The molecule has 1 aromatic heterocycles. The van der Waals surface area contributed by atoms with Crippen molar-refractivity contribution in [3.63, 3.8) is 0 Å². The summed E-state index contributed by atoms with van der Waals surface area (Å²) in [4.78, 5) is 26.0. The molecule has 0 spiro atoms. The fraction of sp³-hybridized carbons (Fsp3) is 0.385. The van der Waals surface area contributed by atoms with Crippen molar-refractivity contribution >= 4 is 28.2 Å². The number of β-amino-alcohol motifs (C(OH)–C–C–N with tert-alkyl or cyclic N) is 1. The second kappa shape index (κ2) is 12.5. The fourth-order valence-corrected chi connectivity index (χ4v) is 5.09. The van der Waals surface area contributed by atoms with Crippen LogP contribution >= 0.6 is 11.3 Å². The lowest BCUT2D eigenvalue weighted by atomic mass is 10.1. The number of hydrazine groups is 1. The summed E-state index contributed by atoms with van der Waals surface area (Å²) in [5.41, 5.74) is 1.95. The van der Waals surface area contributed by atoms with E-state index in [1.54, 1.807) is 36.1 Å². The molecule has 12 heteroatoms. The van der Waals surface area contributed by atoms with Gasteiger partial charge in [0.15, 0.2) is 5.13 Å². The van der Waals surface area contributed by atoms with E-state index in [1.165, 1.54) is 29.7 Å². The van der Waals surface area contributed by atoms with Gasteiger partial charge in [-0.25, -0.2) is 14.4 Å². The molecule has 1 aliphatic heterocycles. The maximum absolute atomic E-state index is 13.4. The molecule has 1 amide bonds. The van der Waals surface area contributed by atoms with Gasteiger partial charge in [-0.05, 0) is 37.1 Å². The van der Waals surface area contributed by atoms with Gasteiger partial charge in [-0.1, -0.05) is 24.8 Å². The summed E-state index contributed by atoms with van der Waals surface area (Å²) in [5.74, 6) is 0.208. The van der Waals surface area contributed by atoms with Crippen molar-refractivity contribution in [3.05, 3.63) is 59.3 Å². The molecule has 202 valence electrons.